The topological polar surface area (TPSA) is 67.9 Å². The van der Waals surface area contributed by atoms with Crippen molar-refractivity contribution in [3.63, 3.8) is 0 Å². The highest BCUT2D eigenvalue weighted by Crippen LogP contribution is 2.28. The molecule has 0 aromatic heterocycles. The normalized spacial score (nSPS) is 11.6. The third kappa shape index (κ3) is 7.83. The molecule has 2 aromatic rings. The number of hydrogen-bond donors (Lipinski definition) is 1. The molecular weight excluding hydrogens is 463 g/mol. The van der Waals surface area contributed by atoms with Crippen LogP contribution in [0.15, 0.2) is 36.4 Å². The molecule has 0 heterocycles. The van der Waals surface area contributed by atoms with Gasteiger partial charge in [0.2, 0.25) is 11.8 Å². The van der Waals surface area contributed by atoms with E-state index in [1.807, 2.05) is 24.3 Å². The van der Waals surface area contributed by atoms with Crippen molar-refractivity contribution in [2.45, 2.75) is 52.1 Å². The number of nitrogens with zero attached hydrogens (tertiary/aromatic N) is 1. The Morgan fingerprint density at radius 2 is 1.70 bits per heavy atom. The average Bonchev–Trinajstić information content (AvgIpc) is 2.82. The highest BCUT2D eigenvalue weighted by atomic mass is 35.5. The number of rotatable bonds is 12. The van der Waals surface area contributed by atoms with Crippen molar-refractivity contribution in [1.29, 1.82) is 0 Å². The third-order valence-electron chi connectivity index (χ3n) is 5.41. The summed E-state index contributed by atoms with van der Waals surface area (Å²) >= 11 is 12.2. The summed E-state index contributed by atoms with van der Waals surface area (Å²) in [4.78, 5) is 27.6. The molecule has 0 saturated carbocycles. The molecule has 1 atom stereocenters. The number of amides is 2. The van der Waals surface area contributed by atoms with Crippen molar-refractivity contribution in [3.05, 3.63) is 57.6 Å². The van der Waals surface area contributed by atoms with Crippen molar-refractivity contribution in [3.8, 4) is 11.5 Å². The van der Waals surface area contributed by atoms with E-state index in [4.69, 9.17) is 32.7 Å². The number of benzene rings is 2. The van der Waals surface area contributed by atoms with Crippen LogP contribution in [0.1, 0.15) is 44.2 Å². The Bertz CT molecular complexity index is 952. The van der Waals surface area contributed by atoms with Gasteiger partial charge in [-0.3, -0.25) is 9.59 Å². The molecule has 0 bridgehead atoms. The fourth-order valence-electron chi connectivity index (χ4n) is 3.38. The maximum atomic E-state index is 13.3. The van der Waals surface area contributed by atoms with E-state index < -0.39 is 6.04 Å². The van der Waals surface area contributed by atoms with Crippen LogP contribution in [0.2, 0.25) is 10.0 Å². The standard InChI is InChI=1S/C25H32Cl2N2O4/c1-5-6-13-28-25(31)17(2)29(16-19-7-10-20(26)21(27)14-19)24(30)12-9-18-8-11-22(32-3)23(15-18)33-4/h7-8,10-11,14-15,17H,5-6,9,12-13,16H2,1-4H3,(H,28,31). The molecular formula is C25H32Cl2N2O4. The zero-order valence-electron chi connectivity index (χ0n) is 19.6. The lowest BCUT2D eigenvalue weighted by atomic mass is 10.1. The van der Waals surface area contributed by atoms with Gasteiger partial charge >= 0.3 is 0 Å². The third-order valence-corrected chi connectivity index (χ3v) is 6.15. The molecule has 0 aliphatic carbocycles. The van der Waals surface area contributed by atoms with Crippen molar-refractivity contribution in [1.82, 2.24) is 10.2 Å². The Balaban J connectivity index is 2.17. The number of ether oxygens (including phenoxy) is 2. The van der Waals surface area contributed by atoms with E-state index in [9.17, 15) is 9.59 Å². The lowest BCUT2D eigenvalue weighted by Crippen LogP contribution is -2.47. The first kappa shape index (κ1) is 26.8. The molecule has 0 aliphatic rings. The molecule has 0 saturated heterocycles. The minimum absolute atomic E-state index is 0.131. The lowest BCUT2D eigenvalue weighted by Gasteiger charge is -2.29. The molecule has 1 N–H and O–H groups in total. The fourth-order valence-corrected chi connectivity index (χ4v) is 3.71. The van der Waals surface area contributed by atoms with Gasteiger partial charge in [0, 0.05) is 19.5 Å². The minimum Gasteiger partial charge on any atom is -0.493 e. The van der Waals surface area contributed by atoms with Gasteiger partial charge in [-0.05, 0) is 55.2 Å². The van der Waals surface area contributed by atoms with Crippen LogP contribution >= 0.6 is 23.2 Å². The van der Waals surface area contributed by atoms with Crippen LogP contribution in [0.3, 0.4) is 0 Å². The van der Waals surface area contributed by atoms with E-state index in [1.54, 1.807) is 38.2 Å². The molecule has 0 radical (unpaired) electrons. The van der Waals surface area contributed by atoms with Crippen molar-refractivity contribution in [2.24, 2.45) is 0 Å². The van der Waals surface area contributed by atoms with Crippen molar-refractivity contribution >= 4 is 35.0 Å². The Morgan fingerprint density at radius 1 is 1.00 bits per heavy atom. The first-order valence-corrected chi connectivity index (χ1v) is 11.8. The molecule has 33 heavy (non-hydrogen) atoms. The zero-order chi connectivity index (χ0) is 24.4. The van der Waals surface area contributed by atoms with E-state index >= 15 is 0 Å². The summed E-state index contributed by atoms with van der Waals surface area (Å²) in [6.45, 7) is 4.64. The van der Waals surface area contributed by atoms with Gasteiger partial charge in [0.15, 0.2) is 11.5 Å². The van der Waals surface area contributed by atoms with Crippen LogP contribution in [0.4, 0.5) is 0 Å². The van der Waals surface area contributed by atoms with Crippen molar-refractivity contribution < 1.29 is 19.1 Å². The molecule has 8 heteroatoms. The Morgan fingerprint density at radius 3 is 2.33 bits per heavy atom. The number of carbonyl (C=O) groups is 2. The molecule has 2 aromatic carbocycles. The average molecular weight is 495 g/mol. The minimum atomic E-state index is -0.630. The molecule has 6 nitrogen and oxygen atoms in total. The molecule has 2 rings (SSSR count). The summed E-state index contributed by atoms with van der Waals surface area (Å²) in [6, 6.07) is 10.2. The number of hydrogen-bond acceptors (Lipinski definition) is 4. The zero-order valence-corrected chi connectivity index (χ0v) is 21.1. The van der Waals surface area contributed by atoms with Crippen LogP contribution in [0.5, 0.6) is 11.5 Å². The highest BCUT2D eigenvalue weighted by molar-refractivity contribution is 6.42. The monoisotopic (exact) mass is 494 g/mol. The smallest absolute Gasteiger partial charge is 0.242 e. The van der Waals surface area contributed by atoms with Crippen LogP contribution in [0, 0.1) is 0 Å². The Kier molecular flexibility index (Phi) is 10.8. The summed E-state index contributed by atoms with van der Waals surface area (Å²) in [5.41, 5.74) is 1.74. The van der Waals surface area contributed by atoms with E-state index in [2.05, 4.69) is 12.2 Å². The number of unbranched alkanes of at least 4 members (excludes halogenated alkanes) is 1. The first-order chi connectivity index (χ1) is 15.8. The maximum absolute atomic E-state index is 13.3. The second-order valence-electron chi connectivity index (χ2n) is 7.78. The Labute approximate surface area is 206 Å². The fraction of sp³-hybridized carbons (Fsp3) is 0.440. The predicted octanol–water partition coefficient (Wildman–Crippen LogP) is 5.28. The van der Waals surface area contributed by atoms with E-state index in [1.165, 1.54) is 0 Å². The number of nitrogens with one attached hydrogen (secondary N) is 1. The predicted molar refractivity (Wildman–Crippen MR) is 132 cm³/mol. The molecule has 2 amide bonds. The lowest BCUT2D eigenvalue weighted by molar-refractivity contribution is -0.140. The number of halogens is 2. The molecule has 1 unspecified atom stereocenters. The van der Waals surface area contributed by atoms with Crippen LogP contribution in [-0.4, -0.2) is 43.5 Å². The summed E-state index contributed by atoms with van der Waals surface area (Å²) in [7, 11) is 3.15. The van der Waals surface area contributed by atoms with Gasteiger partial charge in [0.25, 0.3) is 0 Å². The van der Waals surface area contributed by atoms with Gasteiger partial charge in [-0.2, -0.15) is 0 Å². The summed E-state index contributed by atoms with van der Waals surface area (Å²) in [6.07, 6.45) is 2.61. The number of carbonyl (C=O) groups excluding carboxylic acids is 2. The van der Waals surface area contributed by atoms with E-state index in [0.717, 1.165) is 24.0 Å². The van der Waals surface area contributed by atoms with Crippen LogP contribution in [0.25, 0.3) is 0 Å². The quantitative estimate of drug-likeness (QED) is 0.407. The van der Waals surface area contributed by atoms with Gasteiger partial charge < -0.3 is 19.7 Å². The van der Waals surface area contributed by atoms with Gasteiger partial charge in [0.1, 0.15) is 6.04 Å². The van der Waals surface area contributed by atoms with Gasteiger partial charge in [-0.1, -0.05) is 48.7 Å². The number of aryl methyl sites for hydroxylation is 1. The first-order valence-electron chi connectivity index (χ1n) is 11.0. The molecule has 0 aliphatic heterocycles. The molecule has 180 valence electrons. The van der Waals surface area contributed by atoms with Gasteiger partial charge in [-0.15, -0.1) is 0 Å². The summed E-state index contributed by atoms with van der Waals surface area (Å²) in [5.74, 6) is 0.932. The van der Waals surface area contributed by atoms with Gasteiger partial charge in [-0.25, -0.2) is 0 Å². The Hall–Kier alpha value is -2.44. The van der Waals surface area contributed by atoms with Gasteiger partial charge in [0.05, 0.1) is 24.3 Å². The van der Waals surface area contributed by atoms with Crippen LogP contribution < -0.4 is 14.8 Å². The second-order valence-corrected chi connectivity index (χ2v) is 8.59. The summed E-state index contributed by atoms with van der Waals surface area (Å²) < 4.78 is 10.6. The van der Waals surface area contributed by atoms with E-state index in [0.29, 0.717) is 34.5 Å². The van der Waals surface area contributed by atoms with Crippen LogP contribution in [-0.2, 0) is 22.6 Å². The second kappa shape index (κ2) is 13.3. The van der Waals surface area contributed by atoms with Crippen molar-refractivity contribution in [2.75, 3.05) is 20.8 Å². The largest absolute Gasteiger partial charge is 0.493 e. The maximum Gasteiger partial charge on any atom is 0.242 e. The molecule has 0 fully saturated rings. The SMILES string of the molecule is CCCCNC(=O)C(C)N(Cc1ccc(Cl)c(Cl)c1)C(=O)CCc1ccc(OC)c(OC)c1. The van der Waals surface area contributed by atoms with E-state index in [-0.39, 0.29) is 24.8 Å². The molecule has 0 spiro atoms. The summed E-state index contributed by atoms with van der Waals surface area (Å²) in [5, 5.41) is 3.77. The number of methoxy groups -OCH3 is 2. The highest BCUT2D eigenvalue weighted by Gasteiger charge is 2.26.